The number of aromatic nitrogens is 2. The summed E-state index contributed by atoms with van der Waals surface area (Å²) in [5, 5.41) is 2.87. The Labute approximate surface area is 181 Å². The number of nitrogens with zero attached hydrogens (tertiary/aromatic N) is 3. The summed E-state index contributed by atoms with van der Waals surface area (Å²) < 4.78 is 5.20. The lowest BCUT2D eigenvalue weighted by molar-refractivity contribution is -0.122. The molecular weight excluding hydrogens is 392 g/mol. The van der Waals surface area contributed by atoms with Gasteiger partial charge in [-0.3, -0.25) is 9.59 Å². The van der Waals surface area contributed by atoms with Crippen molar-refractivity contribution in [2.24, 2.45) is 0 Å². The Kier molecular flexibility index (Phi) is 6.21. The summed E-state index contributed by atoms with van der Waals surface area (Å²) in [4.78, 5) is 36.1. The first-order chi connectivity index (χ1) is 15.1. The highest BCUT2D eigenvalue weighted by molar-refractivity contribution is 5.97. The molecule has 0 bridgehead atoms. The van der Waals surface area contributed by atoms with Crippen LogP contribution in [0, 0.1) is 0 Å². The van der Waals surface area contributed by atoms with E-state index in [1.54, 1.807) is 18.2 Å². The largest absolute Gasteiger partial charge is 0.497 e. The number of ether oxygens (including phenoxy) is 1. The molecule has 31 heavy (non-hydrogen) atoms. The van der Waals surface area contributed by atoms with Crippen LogP contribution < -0.4 is 10.1 Å². The highest BCUT2D eigenvalue weighted by atomic mass is 16.5. The average molecular weight is 416 g/mol. The van der Waals surface area contributed by atoms with Gasteiger partial charge in [0.15, 0.2) is 5.82 Å². The molecule has 2 aromatic carbocycles. The van der Waals surface area contributed by atoms with E-state index in [1.165, 1.54) is 0 Å². The van der Waals surface area contributed by atoms with Gasteiger partial charge in [0.05, 0.1) is 24.9 Å². The van der Waals surface area contributed by atoms with Crippen LogP contribution in [-0.2, 0) is 17.8 Å². The van der Waals surface area contributed by atoms with Crippen molar-refractivity contribution in [2.45, 2.75) is 19.4 Å². The van der Waals surface area contributed by atoms with Crippen molar-refractivity contribution >= 4 is 11.8 Å². The van der Waals surface area contributed by atoms with Gasteiger partial charge in [-0.2, -0.15) is 0 Å². The first-order valence-corrected chi connectivity index (χ1v) is 10.2. The molecule has 7 heteroatoms. The molecule has 4 rings (SSSR count). The van der Waals surface area contributed by atoms with E-state index in [0.29, 0.717) is 30.9 Å². The zero-order valence-corrected chi connectivity index (χ0v) is 17.4. The minimum atomic E-state index is -0.207. The Hall–Kier alpha value is -3.74. The monoisotopic (exact) mass is 416 g/mol. The normalized spacial score (nSPS) is 13.3. The Morgan fingerprint density at radius 3 is 2.81 bits per heavy atom. The molecule has 1 aliphatic heterocycles. The van der Waals surface area contributed by atoms with Crippen molar-refractivity contribution in [2.75, 3.05) is 20.2 Å². The fraction of sp³-hybridized carbons (Fsp3) is 0.250. The molecule has 1 aliphatic rings. The number of fused-ring (bicyclic) bond motifs is 1. The van der Waals surface area contributed by atoms with E-state index >= 15 is 0 Å². The molecule has 0 saturated carbocycles. The maximum Gasteiger partial charge on any atom is 0.257 e. The second-order valence-electron chi connectivity index (χ2n) is 7.38. The van der Waals surface area contributed by atoms with Gasteiger partial charge in [0.25, 0.3) is 5.91 Å². The Balaban J connectivity index is 1.42. The quantitative estimate of drug-likeness (QED) is 0.668. The van der Waals surface area contributed by atoms with Gasteiger partial charge in [0.1, 0.15) is 5.75 Å². The molecule has 1 aromatic heterocycles. The Morgan fingerprint density at radius 2 is 2.00 bits per heavy atom. The number of benzene rings is 2. The summed E-state index contributed by atoms with van der Waals surface area (Å²) in [6.45, 7) is 0.878. The van der Waals surface area contributed by atoms with E-state index in [0.717, 1.165) is 29.0 Å². The topological polar surface area (TPSA) is 84.4 Å². The van der Waals surface area contributed by atoms with Crippen LogP contribution in [0.2, 0.25) is 0 Å². The highest BCUT2D eigenvalue weighted by Crippen LogP contribution is 2.21. The van der Waals surface area contributed by atoms with Crippen LogP contribution in [0.1, 0.15) is 28.0 Å². The summed E-state index contributed by atoms with van der Waals surface area (Å²) in [5.74, 6) is 0.933. The van der Waals surface area contributed by atoms with Crippen LogP contribution in [0.15, 0.2) is 60.8 Å². The summed E-state index contributed by atoms with van der Waals surface area (Å²) in [7, 11) is 1.60. The van der Waals surface area contributed by atoms with Crippen molar-refractivity contribution in [1.29, 1.82) is 0 Å². The number of nitrogens with one attached hydrogen (secondary N) is 1. The molecule has 0 unspecified atom stereocenters. The first-order valence-electron chi connectivity index (χ1n) is 10.2. The van der Waals surface area contributed by atoms with Crippen molar-refractivity contribution in [1.82, 2.24) is 20.2 Å². The van der Waals surface area contributed by atoms with Crippen molar-refractivity contribution in [3.05, 3.63) is 77.6 Å². The van der Waals surface area contributed by atoms with Gasteiger partial charge in [-0.1, -0.05) is 42.5 Å². The molecule has 0 atom stereocenters. The Bertz CT molecular complexity index is 1090. The lowest BCUT2D eigenvalue weighted by Gasteiger charge is -2.20. The maximum absolute atomic E-state index is 13.0. The van der Waals surface area contributed by atoms with Gasteiger partial charge in [-0.25, -0.2) is 9.97 Å². The number of amides is 2. The fourth-order valence-electron chi connectivity index (χ4n) is 3.59. The third kappa shape index (κ3) is 4.88. The molecule has 158 valence electrons. The van der Waals surface area contributed by atoms with E-state index < -0.39 is 0 Å². The van der Waals surface area contributed by atoms with Gasteiger partial charge in [-0.15, -0.1) is 0 Å². The maximum atomic E-state index is 13.0. The van der Waals surface area contributed by atoms with Crippen molar-refractivity contribution < 1.29 is 14.3 Å². The number of hydrogen-bond donors (Lipinski definition) is 1. The van der Waals surface area contributed by atoms with Gasteiger partial charge in [-0.05, 0) is 30.5 Å². The lowest BCUT2D eigenvalue weighted by atomic mass is 10.1. The highest BCUT2D eigenvalue weighted by Gasteiger charge is 2.26. The Morgan fingerprint density at radius 1 is 1.16 bits per heavy atom. The van der Waals surface area contributed by atoms with Crippen LogP contribution >= 0.6 is 0 Å². The van der Waals surface area contributed by atoms with Gasteiger partial charge < -0.3 is 15.0 Å². The predicted molar refractivity (Wildman–Crippen MR) is 117 cm³/mol. The average Bonchev–Trinajstić information content (AvgIpc) is 2.97. The summed E-state index contributed by atoms with van der Waals surface area (Å²) in [6, 6.07) is 17.2. The van der Waals surface area contributed by atoms with Crippen LogP contribution in [0.4, 0.5) is 0 Å². The molecule has 7 nitrogen and oxygen atoms in total. The molecule has 0 saturated heterocycles. The minimum absolute atomic E-state index is 0.00266. The summed E-state index contributed by atoms with van der Waals surface area (Å²) in [5.41, 5.74) is 3.05. The SMILES string of the molecule is COc1cccc(CNC(=O)CN2CCCc3nc(-c4ccccc4)ncc3C2=O)c1. The van der Waals surface area contributed by atoms with E-state index in [2.05, 4.69) is 15.3 Å². The van der Waals surface area contributed by atoms with Gasteiger partial charge in [0, 0.05) is 24.8 Å². The molecule has 1 N–H and O–H groups in total. The second kappa shape index (κ2) is 9.38. The van der Waals surface area contributed by atoms with Crippen LogP contribution in [-0.4, -0.2) is 46.9 Å². The number of rotatable bonds is 6. The molecular formula is C24H24N4O3. The number of hydrogen-bond acceptors (Lipinski definition) is 5. The van der Waals surface area contributed by atoms with E-state index in [4.69, 9.17) is 4.74 Å². The number of methoxy groups -OCH3 is 1. The molecule has 2 heterocycles. The molecule has 0 aliphatic carbocycles. The predicted octanol–water partition coefficient (Wildman–Crippen LogP) is 2.86. The smallest absolute Gasteiger partial charge is 0.257 e. The van der Waals surface area contributed by atoms with Crippen LogP contribution in [0.25, 0.3) is 11.4 Å². The van der Waals surface area contributed by atoms with Crippen molar-refractivity contribution in [3.63, 3.8) is 0 Å². The molecule has 0 radical (unpaired) electrons. The van der Waals surface area contributed by atoms with E-state index in [9.17, 15) is 9.59 Å². The first kappa shape index (κ1) is 20.5. The standard InChI is InChI=1S/C24H24N4O3/c1-31-19-10-5-7-17(13-19)14-25-22(29)16-28-12-6-11-21-20(24(28)30)15-26-23(27-21)18-8-3-2-4-9-18/h2-5,7-10,13,15H,6,11-12,14,16H2,1H3,(H,25,29). The fourth-order valence-corrected chi connectivity index (χ4v) is 3.59. The van der Waals surface area contributed by atoms with Crippen LogP contribution in [0.3, 0.4) is 0 Å². The van der Waals surface area contributed by atoms with Crippen LogP contribution in [0.5, 0.6) is 5.75 Å². The third-order valence-electron chi connectivity index (χ3n) is 5.22. The zero-order chi connectivity index (χ0) is 21.6. The summed E-state index contributed by atoms with van der Waals surface area (Å²) >= 11 is 0. The van der Waals surface area contributed by atoms with E-state index in [-0.39, 0.29) is 18.4 Å². The summed E-state index contributed by atoms with van der Waals surface area (Å²) in [6.07, 6.45) is 3.00. The van der Waals surface area contributed by atoms with Gasteiger partial charge in [0.2, 0.25) is 5.91 Å². The van der Waals surface area contributed by atoms with E-state index in [1.807, 2.05) is 54.6 Å². The number of carbonyl (C=O) groups is 2. The number of carbonyl (C=O) groups excluding carboxylic acids is 2. The number of aryl methyl sites for hydroxylation is 1. The van der Waals surface area contributed by atoms with Gasteiger partial charge >= 0.3 is 0 Å². The molecule has 2 amide bonds. The third-order valence-corrected chi connectivity index (χ3v) is 5.22. The second-order valence-corrected chi connectivity index (χ2v) is 7.38. The minimum Gasteiger partial charge on any atom is -0.497 e. The molecule has 0 fully saturated rings. The molecule has 0 spiro atoms. The lowest BCUT2D eigenvalue weighted by Crippen LogP contribution is -2.40. The zero-order valence-electron chi connectivity index (χ0n) is 17.4. The molecule has 3 aromatic rings. The van der Waals surface area contributed by atoms with Crippen molar-refractivity contribution in [3.8, 4) is 17.1 Å².